The van der Waals surface area contributed by atoms with E-state index in [9.17, 15) is 9.90 Å². The summed E-state index contributed by atoms with van der Waals surface area (Å²) in [6, 6.07) is 6.29. The predicted octanol–water partition coefficient (Wildman–Crippen LogP) is 1.67. The topological polar surface area (TPSA) is 52.6 Å². The zero-order valence-electron chi connectivity index (χ0n) is 11.8. The lowest BCUT2D eigenvalue weighted by Crippen LogP contribution is -2.40. The molecular weight excluding hydrogens is 252 g/mol. The molecule has 1 aliphatic carbocycles. The third-order valence-electron chi connectivity index (χ3n) is 4.45. The molecule has 1 aliphatic heterocycles. The highest BCUT2D eigenvalue weighted by atomic mass is 16.3. The maximum Gasteiger partial charge on any atom is 0.254 e. The smallest absolute Gasteiger partial charge is 0.254 e. The standard InChI is InChI=1S/C16H22N2O2/c19-8-7-18(15-3-1-2-4-15)16(20)12-5-6-13-10-17-11-14(13)9-12/h5-6,9,15,17,19H,1-4,7-8,10-11H2. The molecule has 2 aliphatic rings. The average Bonchev–Trinajstić information content (AvgIpc) is 3.13. The van der Waals surface area contributed by atoms with Crippen molar-refractivity contribution < 1.29 is 9.90 Å². The van der Waals surface area contributed by atoms with Gasteiger partial charge in [-0.25, -0.2) is 0 Å². The van der Waals surface area contributed by atoms with Crippen LogP contribution in [0.1, 0.15) is 47.2 Å². The molecule has 0 unspecified atom stereocenters. The Bertz CT molecular complexity index is 495. The van der Waals surface area contributed by atoms with Crippen LogP contribution in [0.2, 0.25) is 0 Å². The van der Waals surface area contributed by atoms with Gasteiger partial charge in [0.2, 0.25) is 0 Å². The summed E-state index contributed by atoms with van der Waals surface area (Å²) in [5.41, 5.74) is 3.27. The quantitative estimate of drug-likeness (QED) is 0.878. The monoisotopic (exact) mass is 274 g/mol. The fourth-order valence-electron chi connectivity index (χ4n) is 3.37. The van der Waals surface area contributed by atoms with Gasteiger partial charge in [0.15, 0.2) is 0 Å². The van der Waals surface area contributed by atoms with E-state index in [4.69, 9.17) is 0 Å². The zero-order valence-corrected chi connectivity index (χ0v) is 11.8. The Morgan fingerprint density at radius 3 is 2.75 bits per heavy atom. The largest absolute Gasteiger partial charge is 0.395 e. The van der Waals surface area contributed by atoms with E-state index in [0.717, 1.165) is 31.5 Å². The summed E-state index contributed by atoms with van der Waals surface area (Å²) >= 11 is 0. The zero-order chi connectivity index (χ0) is 13.9. The summed E-state index contributed by atoms with van der Waals surface area (Å²) in [6.07, 6.45) is 4.51. The molecule has 2 N–H and O–H groups in total. The van der Waals surface area contributed by atoms with E-state index in [1.54, 1.807) is 0 Å². The van der Waals surface area contributed by atoms with Crippen molar-refractivity contribution in [2.45, 2.75) is 44.8 Å². The van der Waals surface area contributed by atoms with Crippen molar-refractivity contribution in [3.63, 3.8) is 0 Å². The summed E-state index contributed by atoms with van der Waals surface area (Å²) in [5.74, 6) is 0.0700. The van der Waals surface area contributed by atoms with Crippen LogP contribution in [0, 0.1) is 0 Å². The predicted molar refractivity (Wildman–Crippen MR) is 77.4 cm³/mol. The van der Waals surface area contributed by atoms with Gasteiger partial charge in [0.05, 0.1) is 6.61 Å². The first kappa shape index (κ1) is 13.6. The maximum atomic E-state index is 12.7. The SMILES string of the molecule is O=C(c1ccc2c(c1)CNC2)N(CCO)C1CCCC1. The van der Waals surface area contributed by atoms with Gasteiger partial charge in [-0.05, 0) is 36.1 Å². The summed E-state index contributed by atoms with van der Waals surface area (Å²) in [4.78, 5) is 14.6. The van der Waals surface area contributed by atoms with E-state index in [1.165, 1.54) is 24.0 Å². The second-order valence-corrected chi connectivity index (χ2v) is 5.75. The van der Waals surface area contributed by atoms with Crippen LogP contribution < -0.4 is 5.32 Å². The van der Waals surface area contributed by atoms with Crippen LogP contribution in [0.25, 0.3) is 0 Å². The second-order valence-electron chi connectivity index (χ2n) is 5.75. The van der Waals surface area contributed by atoms with Gasteiger partial charge in [-0.15, -0.1) is 0 Å². The molecule has 0 saturated heterocycles. The molecule has 0 spiro atoms. The molecule has 1 aromatic carbocycles. The molecule has 20 heavy (non-hydrogen) atoms. The second kappa shape index (κ2) is 5.94. The number of hydrogen-bond acceptors (Lipinski definition) is 3. The van der Waals surface area contributed by atoms with Crippen molar-refractivity contribution in [2.24, 2.45) is 0 Å². The first-order valence-corrected chi connectivity index (χ1v) is 7.54. The lowest BCUT2D eigenvalue weighted by molar-refractivity contribution is 0.0638. The highest BCUT2D eigenvalue weighted by molar-refractivity contribution is 5.94. The molecule has 1 fully saturated rings. The summed E-state index contributed by atoms with van der Waals surface area (Å²) in [5, 5.41) is 12.5. The minimum absolute atomic E-state index is 0.0364. The molecule has 4 heteroatoms. The first-order chi connectivity index (χ1) is 9.79. The fourth-order valence-corrected chi connectivity index (χ4v) is 3.37. The normalized spacial score (nSPS) is 18.2. The van der Waals surface area contributed by atoms with Crippen molar-refractivity contribution in [3.05, 3.63) is 34.9 Å². The van der Waals surface area contributed by atoms with Gasteiger partial charge >= 0.3 is 0 Å². The lowest BCUT2D eigenvalue weighted by Gasteiger charge is -2.28. The third-order valence-corrected chi connectivity index (χ3v) is 4.45. The van der Waals surface area contributed by atoms with Gasteiger partial charge in [-0.2, -0.15) is 0 Å². The Kier molecular flexibility index (Phi) is 4.03. The van der Waals surface area contributed by atoms with Crippen molar-refractivity contribution in [1.82, 2.24) is 10.2 Å². The number of benzene rings is 1. The molecule has 4 nitrogen and oxygen atoms in total. The van der Waals surface area contributed by atoms with Crippen LogP contribution in [0.15, 0.2) is 18.2 Å². The molecule has 3 rings (SSSR count). The Morgan fingerprint density at radius 1 is 1.25 bits per heavy atom. The summed E-state index contributed by atoms with van der Waals surface area (Å²) < 4.78 is 0. The molecular formula is C16H22N2O2. The summed E-state index contributed by atoms with van der Waals surface area (Å²) in [6.45, 7) is 2.22. The first-order valence-electron chi connectivity index (χ1n) is 7.54. The van der Waals surface area contributed by atoms with Crippen LogP contribution in [-0.2, 0) is 13.1 Å². The number of aliphatic hydroxyl groups is 1. The van der Waals surface area contributed by atoms with Crippen LogP contribution in [0.5, 0.6) is 0 Å². The number of carbonyl (C=O) groups excluding carboxylic acids is 1. The van der Waals surface area contributed by atoms with Crippen LogP contribution >= 0.6 is 0 Å². The van der Waals surface area contributed by atoms with E-state index in [2.05, 4.69) is 5.32 Å². The van der Waals surface area contributed by atoms with Crippen molar-refractivity contribution in [3.8, 4) is 0 Å². The van der Waals surface area contributed by atoms with Gasteiger partial charge in [0.1, 0.15) is 0 Å². The Morgan fingerprint density at radius 2 is 2.00 bits per heavy atom. The lowest BCUT2D eigenvalue weighted by atomic mass is 10.0. The van der Waals surface area contributed by atoms with Gasteiger partial charge in [-0.1, -0.05) is 18.9 Å². The number of fused-ring (bicyclic) bond motifs is 1. The fraction of sp³-hybridized carbons (Fsp3) is 0.562. The number of aliphatic hydroxyl groups excluding tert-OH is 1. The van der Waals surface area contributed by atoms with Crippen molar-refractivity contribution >= 4 is 5.91 Å². The van der Waals surface area contributed by atoms with Crippen molar-refractivity contribution in [2.75, 3.05) is 13.2 Å². The van der Waals surface area contributed by atoms with Gasteiger partial charge < -0.3 is 15.3 Å². The number of rotatable bonds is 4. The molecule has 0 atom stereocenters. The average molecular weight is 274 g/mol. The van der Waals surface area contributed by atoms with E-state index in [0.29, 0.717) is 12.6 Å². The molecule has 0 aromatic heterocycles. The third kappa shape index (κ3) is 2.58. The Hall–Kier alpha value is -1.39. The van der Waals surface area contributed by atoms with E-state index in [-0.39, 0.29) is 12.5 Å². The highest BCUT2D eigenvalue weighted by Gasteiger charge is 2.27. The molecule has 108 valence electrons. The van der Waals surface area contributed by atoms with Gasteiger partial charge in [0.25, 0.3) is 5.91 Å². The number of amides is 1. The minimum atomic E-state index is 0.0364. The minimum Gasteiger partial charge on any atom is -0.395 e. The van der Waals surface area contributed by atoms with Crippen LogP contribution in [0.3, 0.4) is 0 Å². The molecule has 0 radical (unpaired) electrons. The van der Waals surface area contributed by atoms with Crippen LogP contribution in [-0.4, -0.2) is 35.1 Å². The highest BCUT2D eigenvalue weighted by Crippen LogP contribution is 2.25. The van der Waals surface area contributed by atoms with Gasteiger partial charge in [-0.3, -0.25) is 4.79 Å². The molecule has 0 bridgehead atoms. The van der Waals surface area contributed by atoms with Crippen LogP contribution in [0.4, 0.5) is 0 Å². The number of nitrogens with one attached hydrogen (secondary N) is 1. The Labute approximate surface area is 119 Å². The Balaban J connectivity index is 1.81. The van der Waals surface area contributed by atoms with E-state index < -0.39 is 0 Å². The summed E-state index contributed by atoms with van der Waals surface area (Å²) in [7, 11) is 0. The van der Waals surface area contributed by atoms with Gasteiger partial charge in [0, 0.05) is 31.2 Å². The number of carbonyl (C=O) groups is 1. The number of hydrogen-bond donors (Lipinski definition) is 2. The molecule has 1 saturated carbocycles. The molecule has 1 aromatic rings. The molecule has 1 heterocycles. The van der Waals surface area contributed by atoms with E-state index in [1.807, 2.05) is 23.1 Å². The maximum absolute atomic E-state index is 12.7. The molecule has 1 amide bonds. The number of nitrogens with zero attached hydrogens (tertiary/aromatic N) is 1. The van der Waals surface area contributed by atoms with Crippen molar-refractivity contribution in [1.29, 1.82) is 0 Å². The van der Waals surface area contributed by atoms with E-state index >= 15 is 0 Å².